The highest BCUT2D eigenvalue weighted by Crippen LogP contribution is 2.50. The molecule has 0 aliphatic heterocycles. The standard InChI is InChI=1S/C28H33N3O2/c1-33-26-18-23(22-10-6-3-7-11-22)17-25(31-26)24(16-20-8-4-2-5-9-20)28(27(30)32)14-12-21(19-29)13-15-28/h2-11,17-18,21,24H,12-16,19,29H2,1H3,(H2,30,32). The van der Waals surface area contributed by atoms with Gasteiger partial charge in [0.05, 0.1) is 12.5 Å². The zero-order valence-corrected chi connectivity index (χ0v) is 19.2. The second-order valence-electron chi connectivity index (χ2n) is 9.13. The molecule has 172 valence electrons. The smallest absolute Gasteiger partial charge is 0.224 e. The quantitative estimate of drug-likeness (QED) is 0.528. The fraction of sp³-hybridized carbons (Fsp3) is 0.357. The number of carbonyl (C=O) groups excluding carboxylic acids is 1. The lowest BCUT2D eigenvalue weighted by Crippen LogP contribution is -2.46. The molecule has 0 spiro atoms. The minimum Gasteiger partial charge on any atom is -0.481 e. The van der Waals surface area contributed by atoms with Crippen molar-refractivity contribution in [1.82, 2.24) is 4.98 Å². The van der Waals surface area contributed by atoms with E-state index < -0.39 is 5.41 Å². The predicted octanol–water partition coefficient (Wildman–Crippen LogP) is 4.70. The number of aromatic nitrogens is 1. The summed E-state index contributed by atoms with van der Waals surface area (Å²) in [7, 11) is 1.63. The largest absolute Gasteiger partial charge is 0.481 e. The Balaban J connectivity index is 1.83. The Labute approximate surface area is 196 Å². The van der Waals surface area contributed by atoms with Gasteiger partial charge in [0.25, 0.3) is 0 Å². The number of benzene rings is 2. The van der Waals surface area contributed by atoms with Crippen LogP contribution in [-0.2, 0) is 11.2 Å². The Kier molecular flexibility index (Phi) is 7.09. The average Bonchev–Trinajstić information content (AvgIpc) is 2.88. The summed E-state index contributed by atoms with van der Waals surface area (Å²) in [5, 5.41) is 0. The molecule has 1 unspecified atom stereocenters. The summed E-state index contributed by atoms with van der Waals surface area (Å²) in [5.41, 5.74) is 15.6. The third kappa shape index (κ3) is 4.93. The molecule has 0 bridgehead atoms. The molecule has 5 nitrogen and oxygen atoms in total. The van der Waals surface area contributed by atoms with Gasteiger partial charge in [0, 0.05) is 17.7 Å². The van der Waals surface area contributed by atoms with Crippen molar-refractivity contribution in [2.24, 2.45) is 22.8 Å². The first-order valence-electron chi connectivity index (χ1n) is 11.7. The Morgan fingerprint density at radius 1 is 1.03 bits per heavy atom. The van der Waals surface area contributed by atoms with E-state index in [0.29, 0.717) is 24.8 Å². The van der Waals surface area contributed by atoms with E-state index in [4.69, 9.17) is 21.2 Å². The zero-order valence-electron chi connectivity index (χ0n) is 19.2. The van der Waals surface area contributed by atoms with Crippen molar-refractivity contribution < 1.29 is 9.53 Å². The molecule has 1 amide bonds. The van der Waals surface area contributed by atoms with Gasteiger partial charge in [-0.1, -0.05) is 60.7 Å². The van der Waals surface area contributed by atoms with Gasteiger partial charge in [-0.3, -0.25) is 4.79 Å². The van der Waals surface area contributed by atoms with Gasteiger partial charge in [-0.05, 0) is 67.3 Å². The molecule has 5 heteroatoms. The number of pyridine rings is 1. The van der Waals surface area contributed by atoms with Gasteiger partial charge in [0.15, 0.2) is 0 Å². The normalized spacial score (nSPS) is 21.3. The summed E-state index contributed by atoms with van der Waals surface area (Å²) in [5.74, 6) is 0.575. The topological polar surface area (TPSA) is 91.2 Å². The SMILES string of the molecule is COc1cc(-c2ccccc2)cc(C(Cc2ccccc2)C2(C(N)=O)CCC(CN)CC2)n1. The molecular formula is C28H33N3O2. The average molecular weight is 444 g/mol. The Bertz CT molecular complexity index is 1060. The molecule has 1 aliphatic carbocycles. The fourth-order valence-corrected chi connectivity index (χ4v) is 5.23. The van der Waals surface area contributed by atoms with Gasteiger partial charge in [-0.2, -0.15) is 0 Å². The maximum atomic E-state index is 13.1. The molecule has 0 radical (unpaired) electrons. The third-order valence-electron chi connectivity index (χ3n) is 7.27. The molecule has 1 aromatic heterocycles. The summed E-state index contributed by atoms with van der Waals surface area (Å²) < 4.78 is 5.59. The first-order valence-corrected chi connectivity index (χ1v) is 11.7. The molecule has 1 aliphatic rings. The first-order chi connectivity index (χ1) is 16.1. The van der Waals surface area contributed by atoms with Gasteiger partial charge < -0.3 is 16.2 Å². The summed E-state index contributed by atoms with van der Waals surface area (Å²) in [6, 6.07) is 24.5. The van der Waals surface area contributed by atoms with E-state index >= 15 is 0 Å². The van der Waals surface area contributed by atoms with E-state index in [0.717, 1.165) is 48.1 Å². The molecule has 4 N–H and O–H groups in total. The number of nitrogens with zero attached hydrogens (tertiary/aromatic N) is 1. The lowest BCUT2D eigenvalue weighted by atomic mass is 9.60. The molecule has 2 aromatic carbocycles. The van der Waals surface area contributed by atoms with Crippen LogP contribution < -0.4 is 16.2 Å². The summed E-state index contributed by atoms with van der Waals surface area (Å²) in [4.78, 5) is 18.0. The zero-order chi connectivity index (χ0) is 23.3. The van der Waals surface area contributed by atoms with Gasteiger partial charge in [-0.15, -0.1) is 0 Å². The van der Waals surface area contributed by atoms with Gasteiger partial charge in [0.1, 0.15) is 0 Å². The van der Waals surface area contributed by atoms with Crippen LogP contribution in [0.4, 0.5) is 0 Å². The maximum Gasteiger partial charge on any atom is 0.224 e. The number of carbonyl (C=O) groups is 1. The third-order valence-corrected chi connectivity index (χ3v) is 7.27. The summed E-state index contributed by atoms with van der Waals surface area (Å²) >= 11 is 0. The van der Waals surface area contributed by atoms with Crippen LogP contribution in [0.2, 0.25) is 0 Å². The highest BCUT2D eigenvalue weighted by molar-refractivity contribution is 5.82. The predicted molar refractivity (Wildman–Crippen MR) is 132 cm³/mol. The van der Waals surface area contributed by atoms with Crippen molar-refractivity contribution in [3.8, 4) is 17.0 Å². The van der Waals surface area contributed by atoms with Crippen LogP contribution >= 0.6 is 0 Å². The van der Waals surface area contributed by atoms with Crippen LogP contribution in [0.1, 0.15) is 42.9 Å². The molecule has 33 heavy (non-hydrogen) atoms. The highest BCUT2D eigenvalue weighted by Gasteiger charge is 2.47. The van der Waals surface area contributed by atoms with Crippen LogP contribution in [0.15, 0.2) is 72.8 Å². The summed E-state index contributed by atoms with van der Waals surface area (Å²) in [6.45, 7) is 0.647. The maximum absolute atomic E-state index is 13.1. The van der Waals surface area contributed by atoms with E-state index in [1.54, 1.807) is 7.11 Å². The number of amides is 1. The fourth-order valence-electron chi connectivity index (χ4n) is 5.23. The van der Waals surface area contributed by atoms with Crippen molar-refractivity contribution >= 4 is 5.91 Å². The molecule has 1 fully saturated rings. The first kappa shape index (κ1) is 23.0. The van der Waals surface area contributed by atoms with Crippen LogP contribution in [0.5, 0.6) is 5.88 Å². The number of methoxy groups -OCH3 is 1. The van der Waals surface area contributed by atoms with Crippen LogP contribution in [0.25, 0.3) is 11.1 Å². The number of primary amides is 1. The van der Waals surface area contributed by atoms with E-state index in [1.165, 1.54) is 0 Å². The molecule has 3 aromatic rings. The lowest BCUT2D eigenvalue weighted by molar-refractivity contribution is -0.131. The number of ether oxygens (including phenoxy) is 1. The van der Waals surface area contributed by atoms with E-state index in [9.17, 15) is 4.79 Å². The van der Waals surface area contributed by atoms with E-state index in [1.807, 2.05) is 42.5 Å². The molecule has 1 heterocycles. The van der Waals surface area contributed by atoms with Crippen LogP contribution in [0.3, 0.4) is 0 Å². The second kappa shape index (κ2) is 10.2. The molecule has 1 atom stereocenters. The summed E-state index contributed by atoms with van der Waals surface area (Å²) in [6.07, 6.45) is 3.94. The number of hydrogen-bond donors (Lipinski definition) is 2. The number of nitrogens with two attached hydrogens (primary N) is 2. The molecular weight excluding hydrogens is 410 g/mol. The van der Waals surface area contributed by atoms with Crippen molar-refractivity contribution in [2.45, 2.75) is 38.0 Å². The van der Waals surface area contributed by atoms with E-state index in [-0.39, 0.29) is 11.8 Å². The minimum absolute atomic E-state index is 0.159. The van der Waals surface area contributed by atoms with Crippen molar-refractivity contribution in [3.63, 3.8) is 0 Å². The Morgan fingerprint density at radius 2 is 1.67 bits per heavy atom. The van der Waals surface area contributed by atoms with Crippen molar-refractivity contribution in [2.75, 3.05) is 13.7 Å². The Hall–Kier alpha value is -3.18. The van der Waals surface area contributed by atoms with Crippen molar-refractivity contribution in [1.29, 1.82) is 0 Å². The molecule has 4 rings (SSSR count). The lowest BCUT2D eigenvalue weighted by Gasteiger charge is -2.43. The number of hydrogen-bond acceptors (Lipinski definition) is 4. The minimum atomic E-state index is -0.672. The molecule has 1 saturated carbocycles. The van der Waals surface area contributed by atoms with Gasteiger partial charge in [0.2, 0.25) is 11.8 Å². The molecule has 0 saturated heterocycles. The van der Waals surface area contributed by atoms with Crippen LogP contribution in [-0.4, -0.2) is 24.5 Å². The van der Waals surface area contributed by atoms with E-state index in [2.05, 4.69) is 30.3 Å². The highest BCUT2D eigenvalue weighted by atomic mass is 16.5. The van der Waals surface area contributed by atoms with Crippen LogP contribution in [0, 0.1) is 11.3 Å². The van der Waals surface area contributed by atoms with Crippen molar-refractivity contribution in [3.05, 3.63) is 84.1 Å². The second-order valence-corrected chi connectivity index (χ2v) is 9.13. The van der Waals surface area contributed by atoms with Gasteiger partial charge in [-0.25, -0.2) is 4.98 Å². The number of rotatable bonds is 8. The monoisotopic (exact) mass is 443 g/mol. The van der Waals surface area contributed by atoms with Gasteiger partial charge >= 0.3 is 0 Å². The Morgan fingerprint density at radius 3 is 2.24 bits per heavy atom.